The van der Waals surface area contributed by atoms with Gasteiger partial charge >= 0.3 is 0 Å². The van der Waals surface area contributed by atoms with Crippen molar-refractivity contribution in [2.45, 2.75) is 6.54 Å². The minimum Gasteiger partial charge on any atom is -0.493 e. The van der Waals surface area contributed by atoms with Crippen LogP contribution >= 0.6 is 23.4 Å². The lowest BCUT2D eigenvalue weighted by Crippen LogP contribution is -2.27. The van der Waals surface area contributed by atoms with Gasteiger partial charge in [0, 0.05) is 11.1 Å². The summed E-state index contributed by atoms with van der Waals surface area (Å²) >= 11 is 7.17. The van der Waals surface area contributed by atoms with Gasteiger partial charge in [0.2, 0.25) is 6.79 Å². The fourth-order valence-corrected chi connectivity index (χ4v) is 4.13. The van der Waals surface area contributed by atoms with Gasteiger partial charge in [0.25, 0.3) is 11.1 Å². The molecule has 0 saturated carbocycles. The number of carbonyl (C=O) groups excluding carboxylic acids is 2. The lowest BCUT2D eigenvalue weighted by atomic mass is 10.1. The molecular formula is C22H18ClNO6S. The van der Waals surface area contributed by atoms with Gasteiger partial charge in [-0.15, -0.1) is 0 Å². The first-order valence-corrected chi connectivity index (χ1v) is 10.4. The molecule has 0 radical (unpaired) electrons. The lowest BCUT2D eigenvalue weighted by Gasteiger charge is -2.14. The summed E-state index contributed by atoms with van der Waals surface area (Å²) in [5, 5.41) is 0.0232. The van der Waals surface area contributed by atoms with Crippen LogP contribution in [0.4, 0.5) is 4.79 Å². The van der Waals surface area contributed by atoms with Gasteiger partial charge in [-0.25, -0.2) is 0 Å². The number of thioether (sulfide) groups is 1. The highest BCUT2D eigenvalue weighted by Crippen LogP contribution is 2.39. The van der Waals surface area contributed by atoms with Gasteiger partial charge in [-0.1, -0.05) is 30.3 Å². The zero-order chi connectivity index (χ0) is 22.0. The van der Waals surface area contributed by atoms with Gasteiger partial charge in [0.1, 0.15) is 6.61 Å². The molecule has 0 aliphatic carbocycles. The lowest BCUT2D eigenvalue weighted by molar-refractivity contribution is -0.123. The molecule has 1 fully saturated rings. The zero-order valence-electron chi connectivity index (χ0n) is 16.6. The van der Waals surface area contributed by atoms with Crippen molar-refractivity contribution in [1.29, 1.82) is 0 Å². The monoisotopic (exact) mass is 459 g/mol. The summed E-state index contributed by atoms with van der Waals surface area (Å²) in [6.45, 7) is 4.11. The first-order valence-electron chi connectivity index (χ1n) is 9.25. The number of benzene rings is 2. The van der Waals surface area contributed by atoms with Crippen LogP contribution in [0.25, 0.3) is 6.08 Å². The molecule has 0 aromatic heterocycles. The summed E-state index contributed by atoms with van der Waals surface area (Å²) in [7, 11) is 1.53. The number of methoxy groups -OCH3 is 1. The Bertz CT molecular complexity index is 1100. The minimum atomic E-state index is -0.394. The molecule has 0 atom stereocenters. The first kappa shape index (κ1) is 21.1. The second-order valence-corrected chi connectivity index (χ2v) is 7.98. The molecule has 2 aliphatic heterocycles. The molecule has 0 bridgehead atoms. The smallest absolute Gasteiger partial charge is 0.293 e. The Kier molecular flexibility index (Phi) is 6.11. The second kappa shape index (κ2) is 8.95. The van der Waals surface area contributed by atoms with Crippen LogP contribution in [0.15, 0.2) is 47.9 Å². The maximum Gasteiger partial charge on any atom is 0.293 e. The van der Waals surface area contributed by atoms with E-state index < -0.39 is 5.91 Å². The van der Waals surface area contributed by atoms with Crippen molar-refractivity contribution in [3.63, 3.8) is 0 Å². The number of nitrogens with zero attached hydrogens (tertiary/aromatic N) is 1. The molecular weight excluding hydrogens is 442 g/mol. The largest absolute Gasteiger partial charge is 0.493 e. The Morgan fingerprint density at radius 1 is 1.19 bits per heavy atom. The van der Waals surface area contributed by atoms with Gasteiger partial charge < -0.3 is 18.9 Å². The molecule has 2 aromatic rings. The summed E-state index contributed by atoms with van der Waals surface area (Å²) in [5.41, 5.74) is 1.30. The third-order valence-electron chi connectivity index (χ3n) is 4.59. The van der Waals surface area contributed by atoms with Crippen LogP contribution < -0.4 is 18.9 Å². The van der Waals surface area contributed by atoms with Gasteiger partial charge in [0.05, 0.1) is 18.6 Å². The van der Waals surface area contributed by atoms with Crippen LogP contribution in [0.5, 0.6) is 23.0 Å². The number of fused-ring (bicyclic) bond motifs is 1. The third-order valence-corrected chi connectivity index (χ3v) is 5.85. The van der Waals surface area contributed by atoms with Gasteiger partial charge in [-0.3, -0.25) is 14.5 Å². The standard InChI is InChI=1S/C22H18ClNO6S/c1-3-6-28-16-5-4-13(7-17(16)27-2)8-20-21(25)24(22(26)31-20)11-14-9-18-19(10-15(14)23)30-12-29-18/h3-5,7-10H,1,6,11-12H2,2H3/b20-8+. The van der Waals surface area contributed by atoms with Crippen LogP contribution in [0.2, 0.25) is 5.02 Å². The SMILES string of the molecule is C=CCOc1ccc(/C=C2/SC(=O)N(Cc3cc4c(cc3Cl)OCO4)C2=O)cc1OC. The number of hydrogen-bond donors (Lipinski definition) is 0. The number of carbonyl (C=O) groups is 2. The fraction of sp³-hybridized carbons (Fsp3) is 0.182. The predicted octanol–water partition coefficient (Wildman–Crippen LogP) is 4.88. The quantitative estimate of drug-likeness (QED) is 0.431. The van der Waals surface area contributed by atoms with E-state index in [-0.39, 0.29) is 18.6 Å². The van der Waals surface area contributed by atoms with E-state index in [1.807, 2.05) is 0 Å². The van der Waals surface area contributed by atoms with Gasteiger partial charge in [-0.2, -0.15) is 0 Å². The van der Waals surface area contributed by atoms with E-state index in [2.05, 4.69) is 6.58 Å². The highest BCUT2D eigenvalue weighted by atomic mass is 35.5. The van der Waals surface area contributed by atoms with Gasteiger partial charge in [-0.05, 0) is 47.2 Å². The van der Waals surface area contributed by atoms with E-state index >= 15 is 0 Å². The average Bonchev–Trinajstić information content (AvgIpc) is 3.31. The van der Waals surface area contributed by atoms with Crippen LogP contribution in [0.1, 0.15) is 11.1 Å². The van der Waals surface area contributed by atoms with Crippen molar-refractivity contribution >= 4 is 40.6 Å². The van der Waals surface area contributed by atoms with E-state index in [0.717, 1.165) is 16.7 Å². The Morgan fingerprint density at radius 3 is 2.71 bits per heavy atom. The minimum absolute atomic E-state index is 0.0368. The van der Waals surface area contributed by atoms with E-state index in [4.69, 9.17) is 30.5 Å². The molecule has 1 saturated heterocycles. The molecule has 4 rings (SSSR count). The van der Waals surface area contributed by atoms with Crippen molar-refractivity contribution in [2.24, 2.45) is 0 Å². The van der Waals surface area contributed by atoms with Crippen molar-refractivity contribution in [3.05, 3.63) is 64.0 Å². The number of halogens is 1. The topological polar surface area (TPSA) is 74.3 Å². The number of rotatable bonds is 7. The predicted molar refractivity (Wildman–Crippen MR) is 118 cm³/mol. The molecule has 160 valence electrons. The fourth-order valence-electron chi connectivity index (χ4n) is 3.08. The molecule has 2 aliphatic rings. The van der Waals surface area contributed by atoms with Crippen molar-refractivity contribution in [2.75, 3.05) is 20.5 Å². The molecule has 2 heterocycles. The number of ether oxygens (including phenoxy) is 4. The Hall–Kier alpha value is -3.10. The van der Waals surface area contributed by atoms with E-state index in [1.54, 1.807) is 42.5 Å². The summed E-state index contributed by atoms with van der Waals surface area (Å²) < 4.78 is 21.5. The summed E-state index contributed by atoms with van der Waals surface area (Å²) in [5.74, 6) is 1.76. The Morgan fingerprint density at radius 2 is 1.97 bits per heavy atom. The maximum absolute atomic E-state index is 12.9. The summed E-state index contributed by atoms with van der Waals surface area (Å²) in [4.78, 5) is 26.8. The van der Waals surface area contributed by atoms with Crippen molar-refractivity contribution in [3.8, 4) is 23.0 Å². The van der Waals surface area contributed by atoms with Crippen LogP contribution in [-0.2, 0) is 11.3 Å². The molecule has 0 N–H and O–H groups in total. The second-order valence-electron chi connectivity index (χ2n) is 6.57. The van der Waals surface area contributed by atoms with E-state index in [9.17, 15) is 9.59 Å². The van der Waals surface area contributed by atoms with Crippen molar-refractivity contribution < 1.29 is 28.5 Å². The third kappa shape index (κ3) is 4.35. The highest BCUT2D eigenvalue weighted by molar-refractivity contribution is 8.18. The number of hydrogen-bond acceptors (Lipinski definition) is 7. The summed E-state index contributed by atoms with van der Waals surface area (Å²) in [6, 6.07) is 8.57. The van der Waals surface area contributed by atoms with Gasteiger partial charge in [0.15, 0.2) is 23.0 Å². The van der Waals surface area contributed by atoms with E-state index in [1.165, 1.54) is 7.11 Å². The van der Waals surface area contributed by atoms with Crippen LogP contribution in [0, 0.1) is 0 Å². The molecule has 2 amide bonds. The number of imide groups is 1. The van der Waals surface area contributed by atoms with Crippen molar-refractivity contribution in [1.82, 2.24) is 4.90 Å². The summed E-state index contributed by atoms with van der Waals surface area (Å²) in [6.07, 6.45) is 3.28. The maximum atomic E-state index is 12.9. The molecule has 31 heavy (non-hydrogen) atoms. The van der Waals surface area contributed by atoms with E-state index in [0.29, 0.717) is 50.7 Å². The Labute approximate surface area is 188 Å². The normalized spacial score (nSPS) is 16.2. The zero-order valence-corrected chi connectivity index (χ0v) is 18.1. The molecule has 2 aromatic carbocycles. The van der Waals surface area contributed by atoms with Crippen LogP contribution in [0.3, 0.4) is 0 Å². The van der Waals surface area contributed by atoms with Crippen LogP contribution in [-0.4, -0.2) is 36.6 Å². The average molecular weight is 460 g/mol. The molecule has 0 unspecified atom stereocenters. The molecule has 7 nitrogen and oxygen atoms in total. The first-order chi connectivity index (χ1) is 15.0. The number of amides is 2. The Balaban J connectivity index is 1.54. The molecule has 0 spiro atoms. The molecule has 9 heteroatoms. The highest BCUT2D eigenvalue weighted by Gasteiger charge is 2.35.